The topological polar surface area (TPSA) is 67.2 Å². The van der Waals surface area contributed by atoms with Gasteiger partial charge in [0.2, 0.25) is 10.0 Å². The van der Waals surface area contributed by atoms with Crippen molar-refractivity contribution < 1.29 is 8.42 Å². The summed E-state index contributed by atoms with van der Waals surface area (Å²) in [6, 6.07) is 10.3. The lowest BCUT2D eigenvalue weighted by atomic mass is 9.99. The van der Waals surface area contributed by atoms with Gasteiger partial charge >= 0.3 is 0 Å². The maximum absolute atomic E-state index is 11.6. The molecule has 1 aliphatic rings. The van der Waals surface area contributed by atoms with Crippen LogP contribution in [0.4, 0.5) is 0 Å². The molecule has 0 bridgehead atoms. The van der Waals surface area contributed by atoms with Gasteiger partial charge in [0.1, 0.15) is 0 Å². The first-order chi connectivity index (χ1) is 11.9. The zero-order chi connectivity index (χ0) is 17.9. The predicted molar refractivity (Wildman–Crippen MR) is 99.0 cm³/mol. The molecule has 25 heavy (non-hydrogen) atoms. The largest absolute Gasteiger partial charge is 0.297 e. The Morgan fingerprint density at radius 1 is 1.24 bits per heavy atom. The molecule has 3 rings (SSSR count). The fourth-order valence-corrected chi connectivity index (χ4v) is 4.41. The fourth-order valence-electron chi connectivity index (χ4n) is 3.60. The van der Waals surface area contributed by atoms with E-state index >= 15 is 0 Å². The first kappa shape index (κ1) is 18.1. The lowest BCUT2D eigenvalue weighted by Crippen LogP contribution is -2.39. The number of rotatable bonds is 7. The predicted octanol–water partition coefficient (Wildman–Crippen LogP) is 2.02. The minimum atomic E-state index is -3.17. The van der Waals surface area contributed by atoms with E-state index in [9.17, 15) is 8.42 Å². The molecule has 0 spiro atoms. The Balaban J connectivity index is 1.64. The Morgan fingerprint density at radius 2 is 2.00 bits per heavy atom. The van der Waals surface area contributed by atoms with Crippen molar-refractivity contribution in [2.24, 2.45) is 5.92 Å². The third kappa shape index (κ3) is 4.90. The minimum absolute atomic E-state index is 0.0123. The summed E-state index contributed by atoms with van der Waals surface area (Å²) in [5, 5.41) is 4.23. The summed E-state index contributed by atoms with van der Waals surface area (Å²) in [6.07, 6.45) is 7.04. The van der Waals surface area contributed by atoms with E-state index in [-0.39, 0.29) is 6.04 Å². The molecule has 136 valence electrons. The number of hydrogen-bond donors (Lipinski definition) is 1. The number of likely N-dealkylation sites (tertiary alicyclic amines) is 1. The van der Waals surface area contributed by atoms with E-state index < -0.39 is 10.0 Å². The molecular formula is C18H26N4O2S. The summed E-state index contributed by atoms with van der Waals surface area (Å²) < 4.78 is 27.9. The van der Waals surface area contributed by atoms with Gasteiger partial charge in [-0.25, -0.2) is 17.8 Å². The van der Waals surface area contributed by atoms with Crippen molar-refractivity contribution in [3.63, 3.8) is 0 Å². The van der Waals surface area contributed by atoms with E-state index in [0.717, 1.165) is 38.2 Å². The van der Waals surface area contributed by atoms with Crippen LogP contribution in [0.5, 0.6) is 0 Å². The number of sulfonamides is 1. The Kier molecular flexibility index (Phi) is 5.56. The van der Waals surface area contributed by atoms with Crippen molar-refractivity contribution in [1.82, 2.24) is 19.4 Å². The molecule has 1 aromatic carbocycles. The van der Waals surface area contributed by atoms with Gasteiger partial charge in [-0.3, -0.25) is 4.90 Å². The molecule has 2 aromatic rings. The number of nitrogens with zero attached hydrogens (tertiary/aromatic N) is 3. The molecule has 2 heterocycles. The Bertz CT molecular complexity index is 772. The molecule has 0 saturated carbocycles. The molecule has 6 nitrogen and oxygen atoms in total. The average molecular weight is 362 g/mol. The SMILES string of the molecule is CCC[C@@H]1CN(Cc2ccc(-n3cccn3)cc2)C[C@H]1NS(C)(=O)=O. The van der Waals surface area contributed by atoms with Crippen molar-refractivity contribution in [3.05, 3.63) is 48.3 Å². The van der Waals surface area contributed by atoms with Crippen molar-refractivity contribution in [2.75, 3.05) is 19.3 Å². The highest BCUT2D eigenvalue weighted by Gasteiger charge is 2.33. The summed E-state index contributed by atoms with van der Waals surface area (Å²) in [5.41, 5.74) is 2.27. The lowest BCUT2D eigenvalue weighted by Gasteiger charge is -2.17. The van der Waals surface area contributed by atoms with E-state index in [1.165, 1.54) is 11.8 Å². The Hall–Kier alpha value is -1.70. The van der Waals surface area contributed by atoms with E-state index in [1.807, 2.05) is 16.9 Å². The fraction of sp³-hybridized carbons (Fsp3) is 0.500. The van der Waals surface area contributed by atoms with Gasteiger partial charge in [0, 0.05) is 38.1 Å². The summed E-state index contributed by atoms with van der Waals surface area (Å²) in [5.74, 6) is 0.378. The monoisotopic (exact) mass is 362 g/mol. The average Bonchev–Trinajstić information content (AvgIpc) is 3.18. The molecule has 1 saturated heterocycles. The molecule has 2 atom stereocenters. The van der Waals surface area contributed by atoms with Gasteiger partial charge in [0.25, 0.3) is 0 Å². The molecule has 7 heteroatoms. The zero-order valence-electron chi connectivity index (χ0n) is 14.8. The van der Waals surface area contributed by atoms with Crippen LogP contribution in [0.1, 0.15) is 25.3 Å². The standard InChI is InChI=1S/C18H26N4O2S/c1-3-5-16-13-21(14-18(16)20-25(2,23)24)12-15-6-8-17(9-7-15)22-11-4-10-19-22/h4,6-11,16,18,20H,3,5,12-14H2,1-2H3/t16-,18-/m1/s1. The van der Waals surface area contributed by atoms with Crippen LogP contribution in [-0.2, 0) is 16.6 Å². The van der Waals surface area contributed by atoms with Gasteiger partial charge in [-0.2, -0.15) is 5.10 Å². The second-order valence-corrected chi connectivity index (χ2v) is 8.64. The number of benzene rings is 1. The zero-order valence-corrected chi connectivity index (χ0v) is 15.6. The summed E-state index contributed by atoms with van der Waals surface area (Å²) >= 11 is 0. The smallest absolute Gasteiger partial charge is 0.209 e. The normalized spacial score (nSPS) is 21.7. The van der Waals surface area contributed by atoms with Crippen molar-refractivity contribution in [3.8, 4) is 5.69 Å². The van der Waals surface area contributed by atoms with E-state index in [1.54, 1.807) is 6.20 Å². The summed E-state index contributed by atoms with van der Waals surface area (Å²) in [7, 11) is -3.17. The maximum atomic E-state index is 11.6. The van der Waals surface area contributed by atoms with Crippen LogP contribution in [0, 0.1) is 5.92 Å². The first-order valence-electron chi connectivity index (χ1n) is 8.73. The van der Waals surface area contributed by atoms with Crippen LogP contribution in [-0.4, -0.2) is 48.5 Å². The van der Waals surface area contributed by atoms with Crippen LogP contribution in [0.2, 0.25) is 0 Å². The number of nitrogens with one attached hydrogen (secondary N) is 1. The third-order valence-electron chi connectivity index (χ3n) is 4.65. The Morgan fingerprint density at radius 3 is 2.60 bits per heavy atom. The number of aromatic nitrogens is 2. The second-order valence-electron chi connectivity index (χ2n) is 6.86. The highest BCUT2D eigenvalue weighted by molar-refractivity contribution is 7.88. The molecule has 1 fully saturated rings. The first-order valence-corrected chi connectivity index (χ1v) is 10.6. The molecule has 0 radical (unpaired) electrons. The van der Waals surface area contributed by atoms with Gasteiger partial charge in [-0.1, -0.05) is 25.5 Å². The molecular weight excluding hydrogens is 336 g/mol. The van der Waals surface area contributed by atoms with Crippen molar-refractivity contribution in [2.45, 2.75) is 32.4 Å². The minimum Gasteiger partial charge on any atom is -0.297 e. The third-order valence-corrected chi connectivity index (χ3v) is 5.38. The highest BCUT2D eigenvalue weighted by Crippen LogP contribution is 2.24. The van der Waals surface area contributed by atoms with Crippen molar-refractivity contribution >= 4 is 10.0 Å². The maximum Gasteiger partial charge on any atom is 0.209 e. The molecule has 0 amide bonds. The van der Waals surface area contributed by atoms with Gasteiger partial charge in [-0.05, 0) is 36.1 Å². The number of hydrogen-bond acceptors (Lipinski definition) is 4. The van der Waals surface area contributed by atoms with E-state index in [2.05, 4.69) is 45.9 Å². The molecule has 0 unspecified atom stereocenters. The highest BCUT2D eigenvalue weighted by atomic mass is 32.2. The van der Waals surface area contributed by atoms with Crippen LogP contribution in [0.3, 0.4) is 0 Å². The van der Waals surface area contributed by atoms with Crippen molar-refractivity contribution in [1.29, 1.82) is 0 Å². The van der Waals surface area contributed by atoms with Gasteiger partial charge in [0.15, 0.2) is 0 Å². The van der Waals surface area contributed by atoms with Crippen LogP contribution in [0.15, 0.2) is 42.7 Å². The summed E-state index contributed by atoms with van der Waals surface area (Å²) in [6.45, 7) is 4.68. The van der Waals surface area contributed by atoms with Gasteiger partial charge in [0.05, 0.1) is 11.9 Å². The van der Waals surface area contributed by atoms with E-state index in [0.29, 0.717) is 5.92 Å². The summed E-state index contributed by atoms with van der Waals surface area (Å²) in [4.78, 5) is 2.34. The Labute approximate surface area is 149 Å². The molecule has 0 aliphatic carbocycles. The van der Waals surface area contributed by atoms with Crippen LogP contribution in [0.25, 0.3) is 5.69 Å². The van der Waals surface area contributed by atoms with Gasteiger partial charge in [-0.15, -0.1) is 0 Å². The van der Waals surface area contributed by atoms with Crippen LogP contribution < -0.4 is 4.72 Å². The van der Waals surface area contributed by atoms with E-state index in [4.69, 9.17) is 0 Å². The van der Waals surface area contributed by atoms with Gasteiger partial charge < -0.3 is 0 Å². The molecule has 1 aromatic heterocycles. The lowest BCUT2D eigenvalue weighted by molar-refractivity contribution is 0.312. The molecule has 1 aliphatic heterocycles. The van der Waals surface area contributed by atoms with Crippen LogP contribution >= 0.6 is 0 Å². The molecule has 1 N–H and O–H groups in total. The quantitative estimate of drug-likeness (QED) is 0.818. The second kappa shape index (κ2) is 7.68.